The first-order valence-electron chi connectivity index (χ1n) is 5.82. The Kier molecular flexibility index (Phi) is 3.77. The maximum Gasteiger partial charge on any atom is 0.316 e. The van der Waals surface area contributed by atoms with Crippen LogP contribution in [0.2, 0.25) is 0 Å². The van der Waals surface area contributed by atoms with E-state index in [1.165, 1.54) is 0 Å². The van der Waals surface area contributed by atoms with Crippen molar-refractivity contribution in [3.05, 3.63) is 36.0 Å². The zero-order valence-corrected chi connectivity index (χ0v) is 10.8. The third-order valence-corrected chi connectivity index (χ3v) is 2.77. The van der Waals surface area contributed by atoms with E-state index in [2.05, 4.69) is 23.0 Å². The number of benzene rings is 1. The van der Waals surface area contributed by atoms with Crippen molar-refractivity contribution in [3.8, 4) is 23.0 Å². The number of ether oxygens (including phenoxy) is 2. The Balaban J connectivity index is 2.43. The molecule has 1 aromatic heterocycles. The Labute approximate surface area is 107 Å². The van der Waals surface area contributed by atoms with Crippen LogP contribution in [0.4, 0.5) is 0 Å². The maximum atomic E-state index is 5.31. The van der Waals surface area contributed by atoms with Crippen LogP contribution in [0.5, 0.6) is 11.8 Å². The summed E-state index contributed by atoms with van der Waals surface area (Å²) in [6, 6.07) is 8.27. The van der Waals surface area contributed by atoms with E-state index in [9.17, 15) is 0 Å². The number of nitrogens with zero attached hydrogens (tertiary/aromatic N) is 2. The lowest BCUT2D eigenvalue weighted by molar-refractivity contribution is 0.380. The van der Waals surface area contributed by atoms with Crippen LogP contribution in [0.1, 0.15) is 12.5 Å². The lowest BCUT2D eigenvalue weighted by Crippen LogP contribution is -1.95. The summed E-state index contributed by atoms with van der Waals surface area (Å²) in [6.45, 7) is 2.10. The van der Waals surface area contributed by atoms with E-state index < -0.39 is 0 Å². The van der Waals surface area contributed by atoms with Crippen molar-refractivity contribution in [1.82, 2.24) is 9.97 Å². The second kappa shape index (κ2) is 5.49. The fraction of sp³-hybridized carbons (Fsp3) is 0.286. The molecular formula is C14H16N2O2. The molecule has 0 N–H and O–H groups in total. The summed E-state index contributed by atoms with van der Waals surface area (Å²) in [5.74, 6) is 0.905. The van der Waals surface area contributed by atoms with Crippen molar-refractivity contribution in [1.29, 1.82) is 0 Å². The monoisotopic (exact) mass is 244 g/mol. The number of hydrogen-bond acceptors (Lipinski definition) is 4. The predicted molar refractivity (Wildman–Crippen MR) is 70.0 cm³/mol. The smallest absolute Gasteiger partial charge is 0.316 e. The van der Waals surface area contributed by atoms with Gasteiger partial charge in [-0.05, 0) is 36.2 Å². The largest absolute Gasteiger partial charge is 0.496 e. The van der Waals surface area contributed by atoms with Crippen LogP contribution < -0.4 is 9.47 Å². The maximum absolute atomic E-state index is 5.31. The molecule has 18 heavy (non-hydrogen) atoms. The Hall–Kier alpha value is -2.10. The Morgan fingerprint density at radius 1 is 1.11 bits per heavy atom. The van der Waals surface area contributed by atoms with E-state index in [1.807, 2.05) is 18.2 Å². The van der Waals surface area contributed by atoms with Gasteiger partial charge in [-0.15, -0.1) is 0 Å². The molecule has 0 saturated heterocycles. The van der Waals surface area contributed by atoms with Crippen molar-refractivity contribution in [2.45, 2.75) is 13.3 Å². The molecule has 0 fully saturated rings. The van der Waals surface area contributed by atoms with Gasteiger partial charge in [0, 0.05) is 11.8 Å². The van der Waals surface area contributed by atoms with Crippen LogP contribution >= 0.6 is 0 Å². The van der Waals surface area contributed by atoms with Crippen molar-refractivity contribution >= 4 is 0 Å². The molecule has 2 aromatic rings. The summed E-state index contributed by atoms with van der Waals surface area (Å²) in [4.78, 5) is 8.32. The van der Waals surface area contributed by atoms with Gasteiger partial charge in [-0.3, -0.25) is 0 Å². The van der Waals surface area contributed by atoms with E-state index in [4.69, 9.17) is 9.47 Å². The molecule has 4 nitrogen and oxygen atoms in total. The van der Waals surface area contributed by atoms with Crippen LogP contribution in [0.3, 0.4) is 0 Å². The van der Waals surface area contributed by atoms with E-state index in [-0.39, 0.29) is 0 Å². The molecule has 0 unspecified atom stereocenters. The topological polar surface area (TPSA) is 44.2 Å². The quantitative estimate of drug-likeness (QED) is 0.829. The summed E-state index contributed by atoms with van der Waals surface area (Å²) in [6.07, 6.45) is 2.61. The molecule has 0 spiro atoms. The Morgan fingerprint density at radius 3 is 2.61 bits per heavy atom. The van der Waals surface area contributed by atoms with Crippen molar-refractivity contribution in [2.24, 2.45) is 0 Å². The zero-order chi connectivity index (χ0) is 13.0. The molecule has 0 saturated carbocycles. The SMILES string of the molecule is CCc1cc(-c2ccnc(OC)n2)ccc1OC. The normalized spacial score (nSPS) is 10.2. The minimum Gasteiger partial charge on any atom is -0.496 e. The number of hydrogen-bond donors (Lipinski definition) is 0. The highest BCUT2D eigenvalue weighted by molar-refractivity contribution is 5.62. The predicted octanol–water partition coefficient (Wildman–Crippen LogP) is 2.72. The van der Waals surface area contributed by atoms with Gasteiger partial charge in [0.1, 0.15) is 5.75 Å². The van der Waals surface area contributed by atoms with E-state index in [0.717, 1.165) is 29.0 Å². The standard InChI is InChI=1S/C14H16N2O2/c1-4-10-9-11(5-6-13(10)17-2)12-7-8-15-14(16-12)18-3/h5-9H,4H2,1-3H3. The lowest BCUT2D eigenvalue weighted by Gasteiger charge is -2.09. The Bertz CT molecular complexity index is 541. The molecule has 0 aliphatic carbocycles. The van der Waals surface area contributed by atoms with Gasteiger partial charge in [-0.1, -0.05) is 6.92 Å². The van der Waals surface area contributed by atoms with Crippen LogP contribution in [0, 0.1) is 0 Å². The molecular weight excluding hydrogens is 228 g/mol. The first kappa shape index (κ1) is 12.4. The van der Waals surface area contributed by atoms with Gasteiger partial charge in [-0.2, -0.15) is 4.98 Å². The van der Waals surface area contributed by atoms with Crippen molar-refractivity contribution in [2.75, 3.05) is 14.2 Å². The van der Waals surface area contributed by atoms with E-state index in [0.29, 0.717) is 6.01 Å². The summed E-state index contributed by atoms with van der Waals surface area (Å²) in [5, 5.41) is 0. The molecule has 1 heterocycles. The van der Waals surface area contributed by atoms with Crippen molar-refractivity contribution in [3.63, 3.8) is 0 Å². The first-order chi connectivity index (χ1) is 8.78. The van der Waals surface area contributed by atoms with E-state index >= 15 is 0 Å². The van der Waals surface area contributed by atoms with E-state index in [1.54, 1.807) is 20.4 Å². The van der Waals surface area contributed by atoms with Gasteiger partial charge in [0.2, 0.25) is 0 Å². The fourth-order valence-corrected chi connectivity index (χ4v) is 1.81. The van der Waals surface area contributed by atoms with Gasteiger partial charge < -0.3 is 9.47 Å². The Morgan fingerprint density at radius 2 is 1.94 bits per heavy atom. The molecule has 4 heteroatoms. The van der Waals surface area contributed by atoms with Gasteiger partial charge in [0.05, 0.1) is 19.9 Å². The minimum atomic E-state index is 0.376. The zero-order valence-electron chi connectivity index (χ0n) is 10.8. The molecule has 0 atom stereocenters. The minimum absolute atomic E-state index is 0.376. The van der Waals surface area contributed by atoms with Gasteiger partial charge in [0.15, 0.2) is 0 Å². The summed E-state index contributed by atoms with van der Waals surface area (Å²) in [7, 11) is 3.24. The molecule has 0 aliphatic heterocycles. The number of methoxy groups -OCH3 is 2. The molecule has 94 valence electrons. The van der Waals surface area contributed by atoms with Gasteiger partial charge in [-0.25, -0.2) is 4.98 Å². The fourth-order valence-electron chi connectivity index (χ4n) is 1.81. The number of aromatic nitrogens is 2. The van der Waals surface area contributed by atoms with Crippen LogP contribution in [0.25, 0.3) is 11.3 Å². The highest BCUT2D eigenvalue weighted by atomic mass is 16.5. The first-order valence-corrected chi connectivity index (χ1v) is 5.82. The number of rotatable bonds is 4. The average molecular weight is 244 g/mol. The second-order valence-electron chi connectivity index (χ2n) is 3.81. The molecule has 0 aliphatic rings. The van der Waals surface area contributed by atoms with Crippen molar-refractivity contribution < 1.29 is 9.47 Å². The van der Waals surface area contributed by atoms with Gasteiger partial charge >= 0.3 is 6.01 Å². The van der Waals surface area contributed by atoms with Crippen LogP contribution in [-0.2, 0) is 6.42 Å². The third-order valence-electron chi connectivity index (χ3n) is 2.77. The molecule has 1 aromatic carbocycles. The second-order valence-corrected chi connectivity index (χ2v) is 3.81. The third kappa shape index (κ3) is 2.42. The molecule has 0 bridgehead atoms. The summed E-state index contributed by atoms with van der Waals surface area (Å²) in [5.41, 5.74) is 3.04. The summed E-state index contributed by atoms with van der Waals surface area (Å²) < 4.78 is 10.3. The number of aryl methyl sites for hydroxylation is 1. The van der Waals surface area contributed by atoms with Gasteiger partial charge in [0.25, 0.3) is 0 Å². The molecule has 0 amide bonds. The summed E-state index contributed by atoms with van der Waals surface area (Å²) >= 11 is 0. The molecule has 2 rings (SSSR count). The van der Waals surface area contributed by atoms with Crippen LogP contribution in [-0.4, -0.2) is 24.2 Å². The highest BCUT2D eigenvalue weighted by Crippen LogP contribution is 2.26. The average Bonchev–Trinajstić information content (AvgIpc) is 2.46. The van der Waals surface area contributed by atoms with Crippen LogP contribution in [0.15, 0.2) is 30.5 Å². The molecule has 0 radical (unpaired) electrons. The highest BCUT2D eigenvalue weighted by Gasteiger charge is 2.06. The lowest BCUT2D eigenvalue weighted by atomic mass is 10.1.